The smallest absolute Gasteiger partial charge is 0.255 e. The molecule has 0 spiro atoms. The number of hydrogen-bond donors (Lipinski definition) is 1. The lowest BCUT2D eigenvalue weighted by Crippen LogP contribution is -2.32. The van der Waals surface area contributed by atoms with Gasteiger partial charge in [0.25, 0.3) is 5.91 Å². The zero-order chi connectivity index (χ0) is 24.6. The van der Waals surface area contributed by atoms with Gasteiger partial charge in [0.15, 0.2) is 11.0 Å². The van der Waals surface area contributed by atoms with E-state index in [1.807, 2.05) is 29.8 Å². The van der Waals surface area contributed by atoms with Crippen LogP contribution in [-0.4, -0.2) is 40.6 Å². The Kier molecular flexibility index (Phi) is 8.69. The SMILES string of the molecule is COc1ccc(C(=O)NC(Cc2ccccc2)c2nnc(SCC3CCCCC3)n2C)c(OC)c1. The largest absolute Gasteiger partial charge is 0.497 e. The predicted octanol–water partition coefficient (Wildman–Crippen LogP) is 5.22. The minimum atomic E-state index is -0.349. The summed E-state index contributed by atoms with van der Waals surface area (Å²) in [5.74, 6) is 3.40. The first-order chi connectivity index (χ1) is 17.1. The second kappa shape index (κ2) is 12.1. The van der Waals surface area contributed by atoms with Crippen LogP contribution in [0.1, 0.15) is 59.9 Å². The third-order valence-electron chi connectivity index (χ3n) is 6.59. The second-order valence-corrected chi connectivity index (χ2v) is 9.98. The number of carbonyl (C=O) groups excluding carboxylic acids is 1. The van der Waals surface area contributed by atoms with Gasteiger partial charge in [0.05, 0.1) is 25.8 Å². The molecule has 4 rings (SSSR count). The second-order valence-electron chi connectivity index (χ2n) is 9.00. The van der Waals surface area contributed by atoms with Gasteiger partial charge in [-0.3, -0.25) is 4.79 Å². The van der Waals surface area contributed by atoms with Crippen molar-refractivity contribution in [3.8, 4) is 11.5 Å². The van der Waals surface area contributed by atoms with Crippen molar-refractivity contribution >= 4 is 17.7 Å². The molecule has 0 radical (unpaired) electrons. The number of aromatic nitrogens is 3. The molecule has 2 aromatic carbocycles. The van der Waals surface area contributed by atoms with Gasteiger partial charge in [-0.05, 0) is 42.9 Å². The molecule has 7 nitrogen and oxygen atoms in total. The Morgan fingerprint density at radius 2 is 1.86 bits per heavy atom. The lowest BCUT2D eigenvalue weighted by Gasteiger charge is -2.21. The maximum absolute atomic E-state index is 13.4. The highest BCUT2D eigenvalue weighted by Gasteiger charge is 2.25. The number of benzene rings is 2. The van der Waals surface area contributed by atoms with Crippen molar-refractivity contribution in [2.45, 2.75) is 49.7 Å². The van der Waals surface area contributed by atoms with Gasteiger partial charge >= 0.3 is 0 Å². The van der Waals surface area contributed by atoms with Crippen LogP contribution in [-0.2, 0) is 13.5 Å². The van der Waals surface area contributed by atoms with E-state index in [2.05, 4.69) is 27.6 Å². The van der Waals surface area contributed by atoms with Gasteiger partial charge < -0.3 is 19.4 Å². The molecule has 0 aliphatic heterocycles. The van der Waals surface area contributed by atoms with Gasteiger partial charge in [0, 0.05) is 18.9 Å². The van der Waals surface area contributed by atoms with E-state index in [1.165, 1.54) is 32.1 Å². The quantitative estimate of drug-likeness (QED) is 0.390. The fraction of sp³-hybridized carbons (Fsp3) is 0.444. The Hall–Kier alpha value is -3.00. The van der Waals surface area contributed by atoms with Crippen LogP contribution in [0.15, 0.2) is 53.7 Å². The summed E-state index contributed by atoms with van der Waals surface area (Å²) in [5, 5.41) is 13.1. The van der Waals surface area contributed by atoms with E-state index in [1.54, 1.807) is 44.2 Å². The maximum atomic E-state index is 13.4. The van der Waals surface area contributed by atoms with Crippen molar-refractivity contribution in [2.24, 2.45) is 13.0 Å². The maximum Gasteiger partial charge on any atom is 0.255 e. The molecule has 35 heavy (non-hydrogen) atoms. The average molecular weight is 495 g/mol. The molecule has 1 N–H and O–H groups in total. The molecule has 1 saturated carbocycles. The lowest BCUT2D eigenvalue weighted by molar-refractivity contribution is 0.0931. The highest BCUT2D eigenvalue weighted by molar-refractivity contribution is 7.99. The summed E-state index contributed by atoms with van der Waals surface area (Å²) in [5.41, 5.74) is 1.55. The van der Waals surface area contributed by atoms with E-state index >= 15 is 0 Å². The van der Waals surface area contributed by atoms with Crippen LogP contribution in [0.4, 0.5) is 0 Å². The molecule has 186 valence electrons. The number of methoxy groups -OCH3 is 2. The Morgan fingerprint density at radius 3 is 2.57 bits per heavy atom. The fourth-order valence-electron chi connectivity index (χ4n) is 4.58. The molecule has 1 amide bonds. The molecule has 1 unspecified atom stereocenters. The molecule has 1 fully saturated rings. The van der Waals surface area contributed by atoms with Crippen molar-refractivity contribution < 1.29 is 14.3 Å². The van der Waals surface area contributed by atoms with Crippen LogP contribution in [0.5, 0.6) is 11.5 Å². The van der Waals surface area contributed by atoms with E-state index in [9.17, 15) is 4.79 Å². The molecular weight excluding hydrogens is 460 g/mol. The lowest BCUT2D eigenvalue weighted by atomic mass is 9.91. The molecule has 1 aromatic heterocycles. The summed E-state index contributed by atoms with van der Waals surface area (Å²) < 4.78 is 12.7. The summed E-state index contributed by atoms with van der Waals surface area (Å²) >= 11 is 1.77. The van der Waals surface area contributed by atoms with Gasteiger partial charge in [-0.1, -0.05) is 61.4 Å². The van der Waals surface area contributed by atoms with E-state index < -0.39 is 0 Å². The van der Waals surface area contributed by atoms with Crippen LogP contribution in [0.3, 0.4) is 0 Å². The van der Waals surface area contributed by atoms with E-state index in [0.717, 1.165) is 28.2 Å². The predicted molar refractivity (Wildman–Crippen MR) is 138 cm³/mol. The molecular formula is C27H34N4O3S. The average Bonchev–Trinajstić information content (AvgIpc) is 3.27. The molecule has 1 heterocycles. The number of hydrogen-bond acceptors (Lipinski definition) is 6. The van der Waals surface area contributed by atoms with Crippen molar-refractivity contribution in [2.75, 3.05) is 20.0 Å². The van der Waals surface area contributed by atoms with Crippen molar-refractivity contribution in [3.05, 3.63) is 65.5 Å². The van der Waals surface area contributed by atoms with Crippen LogP contribution < -0.4 is 14.8 Å². The Labute approximate surface area is 211 Å². The number of ether oxygens (including phenoxy) is 2. The Bertz CT molecular complexity index is 1110. The van der Waals surface area contributed by atoms with Gasteiger partial charge in [-0.15, -0.1) is 10.2 Å². The first kappa shape index (κ1) is 25.1. The van der Waals surface area contributed by atoms with Gasteiger partial charge in [-0.25, -0.2) is 0 Å². The summed E-state index contributed by atoms with van der Waals surface area (Å²) in [6, 6.07) is 14.9. The van der Waals surface area contributed by atoms with E-state index in [0.29, 0.717) is 23.5 Å². The molecule has 1 aliphatic carbocycles. The molecule has 1 aliphatic rings. The number of thioether (sulfide) groups is 1. The standard InChI is InChI=1S/C27H34N4O3S/c1-31-25(29-30-27(31)35-18-20-12-8-5-9-13-20)23(16-19-10-6-4-7-11-19)28-26(32)22-15-14-21(33-2)17-24(22)34-3/h4,6-7,10-11,14-15,17,20,23H,5,8-9,12-13,16,18H2,1-3H3,(H,28,32). The topological polar surface area (TPSA) is 78.3 Å². The van der Waals surface area contributed by atoms with E-state index in [4.69, 9.17) is 9.47 Å². The number of nitrogens with zero attached hydrogens (tertiary/aromatic N) is 3. The Morgan fingerprint density at radius 1 is 1.09 bits per heavy atom. The van der Waals surface area contributed by atoms with Crippen LogP contribution in [0.25, 0.3) is 0 Å². The van der Waals surface area contributed by atoms with Crippen LogP contribution in [0, 0.1) is 5.92 Å². The minimum absolute atomic E-state index is 0.232. The molecule has 1 atom stereocenters. The third kappa shape index (κ3) is 6.36. The van der Waals surface area contributed by atoms with Crippen molar-refractivity contribution in [1.29, 1.82) is 0 Å². The van der Waals surface area contributed by atoms with Crippen LogP contribution >= 0.6 is 11.8 Å². The normalized spacial score (nSPS) is 14.9. The van der Waals surface area contributed by atoms with Crippen LogP contribution in [0.2, 0.25) is 0 Å². The van der Waals surface area contributed by atoms with Crippen molar-refractivity contribution in [3.63, 3.8) is 0 Å². The monoisotopic (exact) mass is 494 g/mol. The summed E-state index contributed by atoms with van der Waals surface area (Å²) in [4.78, 5) is 13.4. The zero-order valence-corrected chi connectivity index (χ0v) is 21.5. The number of nitrogens with one attached hydrogen (secondary N) is 1. The summed E-state index contributed by atoms with van der Waals surface area (Å²) in [6.45, 7) is 0. The van der Waals surface area contributed by atoms with Crippen molar-refractivity contribution in [1.82, 2.24) is 20.1 Å². The number of rotatable bonds is 10. The zero-order valence-electron chi connectivity index (χ0n) is 20.7. The summed E-state index contributed by atoms with van der Waals surface area (Å²) in [7, 11) is 5.12. The minimum Gasteiger partial charge on any atom is -0.497 e. The van der Waals surface area contributed by atoms with Gasteiger partial charge in [0.2, 0.25) is 0 Å². The Balaban J connectivity index is 1.55. The number of amides is 1. The molecule has 0 bridgehead atoms. The highest BCUT2D eigenvalue weighted by atomic mass is 32.2. The number of carbonyl (C=O) groups is 1. The fourth-order valence-corrected chi connectivity index (χ4v) is 5.68. The molecule has 0 saturated heterocycles. The first-order valence-electron chi connectivity index (χ1n) is 12.2. The first-order valence-corrected chi connectivity index (χ1v) is 13.2. The van der Waals surface area contributed by atoms with E-state index in [-0.39, 0.29) is 11.9 Å². The summed E-state index contributed by atoms with van der Waals surface area (Å²) in [6.07, 6.45) is 7.21. The van der Waals surface area contributed by atoms with Gasteiger partial charge in [0.1, 0.15) is 11.5 Å². The highest BCUT2D eigenvalue weighted by Crippen LogP contribution is 2.31. The molecule has 8 heteroatoms. The molecule has 3 aromatic rings. The third-order valence-corrected chi connectivity index (χ3v) is 7.85. The van der Waals surface area contributed by atoms with Gasteiger partial charge in [-0.2, -0.15) is 0 Å².